The van der Waals surface area contributed by atoms with Crippen molar-refractivity contribution in [2.24, 2.45) is 11.8 Å². The maximum absolute atomic E-state index is 12.6. The monoisotopic (exact) mass is 332 g/mol. The third-order valence-corrected chi connectivity index (χ3v) is 5.15. The molecule has 132 valence electrons. The molecule has 1 heterocycles. The van der Waals surface area contributed by atoms with Crippen molar-refractivity contribution in [2.45, 2.75) is 38.1 Å². The van der Waals surface area contributed by atoms with Gasteiger partial charge in [-0.2, -0.15) is 0 Å². The Morgan fingerprint density at radius 1 is 1.42 bits per heavy atom. The van der Waals surface area contributed by atoms with Crippen molar-refractivity contribution < 1.29 is 14.6 Å². The molecule has 0 unspecified atom stereocenters. The number of hydrogen-bond acceptors (Lipinski definition) is 3. The molecule has 1 aromatic rings. The van der Waals surface area contributed by atoms with Crippen molar-refractivity contribution in [3.8, 4) is 5.75 Å². The highest BCUT2D eigenvalue weighted by Crippen LogP contribution is 2.34. The minimum absolute atomic E-state index is 0.0212. The number of urea groups is 1. The van der Waals surface area contributed by atoms with E-state index in [9.17, 15) is 9.90 Å². The van der Waals surface area contributed by atoms with E-state index >= 15 is 0 Å². The Bertz CT molecular complexity index is 559. The van der Waals surface area contributed by atoms with Crippen molar-refractivity contribution >= 4 is 6.03 Å². The first-order valence-electron chi connectivity index (χ1n) is 8.99. The van der Waals surface area contributed by atoms with Gasteiger partial charge in [-0.15, -0.1) is 0 Å². The number of nitrogens with one attached hydrogen (secondary N) is 1. The molecule has 2 aliphatic rings. The zero-order chi connectivity index (χ0) is 16.9. The number of ether oxygens (including phenoxy) is 1. The Morgan fingerprint density at radius 3 is 2.96 bits per heavy atom. The number of amides is 2. The predicted molar refractivity (Wildman–Crippen MR) is 93.1 cm³/mol. The number of likely N-dealkylation sites (tertiary alicyclic amines) is 1. The largest absolute Gasteiger partial charge is 0.497 e. The number of aliphatic hydroxyl groups excluding tert-OH is 1. The number of rotatable bonds is 6. The number of nitrogens with zero attached hydrogens (tertiary/aromatic N) is 1. The Labute approximate surface area is 144 Å². The summed E-state index contributed by atoms with van der Waals surface area (Å²) in [6, 6.07) is 8.27. The summed E-state index contributed by atoms with van der Waals surface area (Å²) in [4.78, 5) is 14.5. The molecule has 0 spiro atoms. The molecule has 0 bridgehead atoms. The molecule has 0 radical (unpaired) electrons. The molecule has 0 aromatic heterocycles. The zero-order valence-electron chi connectivity index (χ0n) is 14.4. The molecular weight excluding hydrogens is 304 g/mol. The molecular formula is C19H28N2O3. The highest BCUT2D eigenvalue weighted by atomic mass is 16.5. The first-order chi connectivity index (χ1) is 11.7. The Morgan fingerprint density at radius 2 is 2.25 bits per heavy atom. The summed E-state index contributed by atoms with van der Waals surface area (Å²) in [7, 11) is 1.67. The van der Waals surface area contributed by atoms with Gasteiger partial charge in [-0.25, -0.2) is 4.79 Å². The molecule has 1 aliphatic heterocycles. The van der Waals surface area contributed by atoms with E-state index < -0.39 is 0 Å². The third-order valence-electron chi connectivity index (χ3n) is 5.15. The van der Waals surface area contributed by atoms with Crippen LogP contribution in [0.5, 0.6) is 5.75 Å². The molecule has 2 N–H and O–H groups in total. The van der Waals surface area contributed by atoms with Gasteiger partial charge in [0.2, 0.25) is 0 Å². The Balaban J connectivity index is 1.60. The summed E-state index contributed by atoms with van der Waals surface area (Å²) in [5.74, 6) is 1.66. The van der Waals surface area contributed by atoms with E-state index in [1.54, 1.807) is 7.11 Å². The van der Waals surface area contributed by atoms with Crippen LogP contribution in [0, 0.1) is 11.8 Å². The fourth-order valence-corrected chi connectivity index (χ4v) is 3.54. The third kappa shape index (κ3) is 4.41. The van der Waals surface area contributed by atoms with Crippen LogP contribution in [-0.2, 0) is 6.42 Å². The molecule has 2 fully saturated rings. The maximum atomic E-state index is 12.6. The minimum atomic E-state index is 0.0212. The quantitative estimate of drug-likeness (QED) is 0.841. The molecule has 5 nitrogen and oxygen atoms in total. The van der Waals surface area contributed by atoms with Gasteiger partial charge in [-0.3, -0.25) is 0 Å². The van der Waals surface area contributed by atoms with Gasteiger partial charge in [-0.1, -0.05) is 12.1 Å². The molecule has 2 atom stereocenters. The van der Waals surface area contributed by atoms with E-state index in [0.29, 0.717) is 12.5 Å². The molecule has 1 saturated carbocycles. The normalized spacial score (nSPS) is 22.1. The van der Waals surface area contributed by atoms with Gasteiger partial charge in [-0.05, 0) is 61.6 Å². The smallest absolute Gasteiger partial charge is 0.317 e. The van der Waals surface area contributed by atoms with E-state index in [4.69, 9.17) is 4.74 Å². The predicted octanol–water partition coefficient (Wildman–Crippen LogP) is 2.43. The van der Waals surface area contributed by atoms with Gasteiger partial charge >= 0.3 is 6.03 Å². The van der Waals surface area contributed by atoms with Crippen molar-refractivity contribution in [3.63, 3.8) is 0 Å². The van der Waals surface area contributed by atoms with Crippen molar-refractivity contribution in [3.05, 3.63) is 29.8 Å². The van der Waals surface area contributed by atoms with Gasteiger partial charge in [0, 0.05) is 25.7 Å². The molecule has 24 heavy (non-hydrogen) atoms. The number of aliphatic hydroxyl groups is 1. The van der Waals surface area contributed by atoms with Crippen LogP contribution in [0.15, 0.2) is 24.3 Å². The minimum Gasteiger partial charge on any atom is -0.497 e. The molecule has 1 aliphatic carbocycles. The second-order valence-corrected chi connectivity index (χ2v) is 7.09. The number of piperidine rings is 1. The topological polar surface area (TPSA) is 61.8 Å². The number of benzene rings is 1. The van der Waals surface area contributed by atoms with Crippen LogP contribution in [0.1, 0.15) is 31.2 Å². The van der Waals surface area contributed by atoms with E-state index in [1.807, 2.05) is 23.1 Å². The Hall–Kier alpha value is -1.75. The fraction of sp³-hybridized carbons (Fsp3) is 0.632. The van der Waals surface area contributed by atoms with Crippen LogP contribution in [0.3, 0.4) is 0 Å². The summed E-state index contributed by atoms with van der Waals surface area (Å²) in [5.41, 5.74) is 1.19. The summed E-state index contributed by atoms with van der Waals surface area (Å²) in [6.45, 7) is 1.62. The molecule has 2 amide bonds. The summed E-state index contributed by atoms with van der Waals surface area (Å²) < 4.78 is 5.29. The van der Waals surface area contributed by atoms with E-state index in [2.05, 4.69) is 11.4 Å². The van der Waals surface area contributed by atoms with Crippen LogP contribution in [0.2, 0.25) is 0 Å². The van der Waals surface area contributed by atoms with E-state index in [0.717, 1.165) is 31.6 Å². The highest BCUT2D eigenvalue weighted by Gasteiger charge is 2.34. The van der Waals surface area contributed by atoms with Crippen LogP contribution >= 0.6 is 0 Å². The van der Waals surface area contributed by atoms with Gasteiger partial charge < -0.3 is 20.1 Å². The van der Waals surface area contributed by atoms with Crippen molar-refractivity contribution in [1.82, 2.24) is 10.2 Å². The lowest BCUT2D eigenvalue weighted by atomic mass is 9.99. The lowest BCUT2D eigenvalue weighted by molar-refractivity contribution is 0.127. The second kappa shape index (κ2) is 7.88. The lowest BCUT2D eigenvalue weighted by Crippen LogP contribution is -2.50. The first-order valence-corrected chi connectivity index (χ1v) is 8.99. The number of carbonyl (C=O) groups excluding carboxylic acids is 1. The molecule has 1 saturated heterocycles. The fourth-order valence-electron chi connectivity index (χ4n) is 3.54. The van der Waals surface area contributed by atoms with Crippen molar-refractivity contribution in [2.75, 3.05) is 26.8 Å². The number of hydrogen-bond donors (Lipinski definition) is 2. The van der Waals surface area contributed by atoms with E-state index in [-0.39, 0.29) is 24.6 Å². The maximum Gasteiger partial charge on any atom is 0.317 e. The van der Waals surface area contributed by atoms with Gasteiger partial charge in [0.15, 0.2) is 0 Å². The molecule has 3 rings (SSSR count). The summed E-state index contributed by atoms with van der Waals surface area (Å²) >= 11 is 0. The Kier molecular flexibility index (Phi) is 5.61. The second-order valence-electron chi connectivity index (χ2n) is 7.09. The number of methoxy groups -OCH3 is 1. The molecule has 5 heteroatoms. The zero-order valence-corrected chi connectivity index (χ0v) is 14.4. The van der Waals surface area contributed by atoms with Crippen LogP contribution < -0.4 is 10.1 Å². The standard InChI is InChI=1S/C19H28N2O3/c1-24-17-6-2-4-14(10-17)11-18(16-7-8-16)20-19(23)21-9-3-5-15(12-21)13-22/h2,4,6,10,15-16,18,22H,3,5,7-9,11-13H2,1H3,(H,20,23)/t15-,18+/m1/s1. The van der Waals surface area contributed by atoms with Crippen LogP contribution in [0.4, 0.5) is 4.79 Å². The van der Waals surface area contributed by atoms with Crippen molar-refractivity contribution in [1.29, 1.82) is 0 Å². The number of carbonyl (C=O) groups is 1. The van der Waals surface area contributed by atoms with Crippen LogP contribution in [-0.4, -0.2) is 48.9 Å². The van der Waals surface area contributed by atoms with Gasteiger partial charge in [0.05, 0.1) is 7.11 Å². The molecule has 1 aromatic carbocycles. The summed E-state index contributed by atoms with van der Waals surface area (Å²) in [6.07, 6.45) is 5.20. The average molecular weight is 332 g/mol. The first kappa shape index (κ1) is 17.1. The lowest BCUT2D eigenvalue weighted by Gasteiger charge is -2.33. The van der Waals surface area contributed by atoms with Gasteiger partial charge in [0.25, 0.3) is 0 Å². The highest BCUT2D eigenvalue weighted by molar-refractivity contribution is 5.74. The van der Waals surface area contributed by atoms with Gasteiger partial charge in [0.1, 0.15) is 5.75 Å². The SMILES string of the molecule is COc1cccc(C[C@H](NC(=O)N2CCC[C@@H](CO)C2)C2CC2)c1. The average Bonchev–Trinajstić information content (AvgIpc) is 3.46. The van der Waals surface area contributed by atoms with Crippen LogP contribution in [0.25, 0.3) is 0 Å². The summed E-state index contributed by atoms with van der Waals surface area (Å²) in [5, 5.41) is 12.6. The van der Waals surface area contributed by atoms with E-state index in [1.165, 1.54) is 18.4 Å².